The van der Waals surface area contributed by atoms with Crippen molar-refractivity contribution in [2.45, 2.75) is 11.9 Å². The quantitative estimate of drug-likeness (QED) is 0.625. The van der Waals surface area contributed by atoms with E-state index < -0.39 is 0 Å². The van der Waals surface area contributed by atoms with Crippen molar-refractivity contribution >= 4 is 17.4 Å². The van der Waals surface area contributed by atoms with E-state index in [1.54, 1.807) is 22.5 Å². The lowest BCUT2D eigenvalue weighted by molar-refractivity contribution is 0.887. The highest BCUT2D eigenvalue weighted by Crippen LogP contribution is 2.20. The molecule has 0 bridgehead atoms. The predicted molar refractivity (Wildman–Crippen MR) is 49.5 cm³/mol. The van der Waals surface area contributed by atoms with Crippen LogP contribution >= 0.6 is 11.8 Å². The van der Waals surface area contributed by atoms with Crippen LogP contribution in [-0.4, -0.2) is 20.9 Å². The second-order valence-electron chi connectivity index (χ2n) is 2.52. The zero-order valence-electron chi connectivity index (χ0n) is 6.98. The molecule has 0 N–H and O–H groups in total. The predicted octanol–water partition coefficient (Wildman–Crippen LogP) is 1.76. The van der Waals surface area contributed by atoms with Crippen molar-refractivity contribution in [3.63, 3.8) is 0 Å². The van der Waals surface area contributed by atoms with E-state index in [2.05, 4.69) is 10.1 Å². The van der Waals surface area contributed by atoms with E-state index in [0.29, 0.717) is 0 Å². The Morgan fingerprint density at radius 3 is 3.00 bits per heavy atom. The maximum absolute atomic E-state index is 4.35. The zero-order valence-corrected chi connectivity index (χ0v) is 7.80. The molecule has 0 fully saturated rings. The Kier molecular flexibility index (Phi) is 1.77. The molecule has 0 aliphatic carbocycles. The molecule has 0 aliphatic rings. The normalized spacial score (nSPS) is 10.8. The Hall–Kier alpha value is -1.03. The molecule has 0 saturated heterocycles. The van der Waals surface area contributed by atoms with Crippen LogP contribution in [0.25, 0.3) is 5.65 Å². The molecule has 0 saturated carbocycles. The summed E-state index contributed by atoms with van der Waals surface area (Å²) in [5.74, 6) is 0. The van der Waals surface area contributed by atoms with Gasteiger partial charge < -0.3 is 0 Å². The third kappa shape index (κ3) is 0.992. The molecule has 2 aromatic rings. The molecule has 62 valence electrons. The van der Waals surface area contributed by atoms with Crippen LogP contribution in [0.1, 0.15) is 5.56 Å². The third-order valence-electron chi connectivity index (χ3n) is 1.78. The van der Waals surface area contributed by atoms with E-state index in [1.807, 2.05) is 25.4 Å². The summed E-state index contributed by atoms with van der Waals surface area (Å²) in [6.07, 6.45) is 5.72. The van der Waals surface area contributed by atoms with E-state index >= 15 is 0 Å². The molecule has 0 amide bonds. The van der Waals surface area contributed by atoms with Crippen molar-refractivity contribution in [3.05, 3.63) is 24.0 Å². The molecule has 0 aliphatic heterocycles. The van der Waals surface area contributed by atoms with E-state index in [9.17, 15) is 0 Å². The van der Waals surface area contributed by atoms with Crippen molar-refractivity contribution < 1.29 is 0 Å². The molecule has 0 unspecified atom stereocenters. The summed E-state index contributed by atoms with van der Waals surface area (Å²) >= 11 is 1.65. The highest BCUT2D eigenvalue weighted by molar-refractivity contribution is 7.98. The number of nitrogens with zero attached hydrogens (tertiary/aromatic N) is 3. The third-order valence-corrected chi connectivity index (χ3v) is 2.55. The molecule has 2 heterocycles. The Morgan fingerprint density at radius 1 is 1.50 bits per heavy atom. The summed E-state index contributed by atoms with van der Waals surface area (Å²) in [6, 6.07) is 1.88. The van der Waals surface area contributed by atoms with E-state index in [0.717, 1.165) is 16.2 Å². The van der Waals surface area contributed by atoms with Gasteiger partial charge in [-0.15, -0.1) is 11.8 Å². The summed E-state index contributed by atoms with van der Waals surface area (Å²) in [6.45, 7) is 2.04. The average molecular weight is 179 g/mol. The van der Waals surface area contributed by atoms with Gasteiger partial charge in [0.25, 0.3) is 0 Å². The molecule has 0 spiro atoms. The largest absolute Gasteiger partial charge is 0.237 e. The van der Waals surface area contributed by atoms with Crippen LogP contribution < -0.4 is 0 Å². The monoisotopic (exact) mass is 179 g/mol. The lowest BCUT2D eigenvalue weighted by Crippen LogP contribution is -1.86. The van der Waals surface area contributed by atoms with Crippen LogP contribution in [0, 0.1) is 6.92 Å². The van der Waals surface area contributed by atoms with Crippen LogP contribution in [0.5, 0.6) is 0 Å². The average Bonchev–Trinajstić information content (AvgIpc) is 2.44. The van der Waals surface area contributed by atoms with Gasteiger partial charge in [-0.25, -0.2) is 9.50 Å². The number of fused-ring (bicyclic) bond motifs is 1. The van der Waals surface area contributed by atoms with Crippen LogP contribution in [0.3, 0.4) is 0 Å². The van der Waals surface area contributed by atoms with Crippen LogP contribution in [0.15, 0.2) is 23.5 Å². The van der Waals surface area contributed by atoms with Gasteiger partial charge in [-0.05, 0) is 19.2 Å². The smallest absolute Gasteiger partial charge is 0.158 e. The fourth-order valence-electron chi connectivity index (χ4n) is 1.18. The van der Waals surface area contributed by atoms with Gasteiger partial charge in [-0.2, -0.15) is 5.10 Å². The summed E-state index contributed by atoms with van der Waals surface area (Å²) in [5.41, 5.74) is 2.10. The number of hydrogen-bond acceptors (Lipinski definition) is 3. The first kappa shape index (κ1) is 7.61. The lowest BCUT2D eigenvalue weighted by Gasteiger charge is -1.88. The SMILES string of the molecule is CSc1nn2cccnc2c1C. The Balaban J connectivity index is 2.78. The molecule has 2 rings (SSSR count). The first-order valence-corrected chi connectivity index (χ1v) is 4.89. The first-order chi connectivity index (χ1) is 5.83. The van der Waals surface area contributed by atoms with Crippen molar-refractivity contribution in [1.29, 1.82) is 0 Å². The topological polar surface area (TPSA) is 30.2 Å². The minimum Gasteiger partial charge on any atom is -0.237 e. The number of aromatic nitrogens is 3. The van der Waals surface area contributed by atoms with E-state index in [-0.39, 0.29) is 0 Å². The van der Waals surface area contributed by atoms with Gasteiger partial charge in [-0.3, -0.25) is 0 Å². The summed E-state index contributed by atoms with van der Waals surface area (Å²) in [4.78, 5) is 4.24. The fourth-order valence-corrected chi connectivity index (χ4v) is 1.74. The van der Waals surface area contributed by atoms with Gasteiger partial charge in [-0.1, -0.05) is 0 Å². The molecule has 3 nitrogen and oxygen atoms in total. The molecule has 0 atom stereocenters. The summed E-state index contributed by atoms with van der Waals surface area (Å²) < 4.78 is 1.81. The van der Waals surface area contributed by atoms with Gasteiger partial charge in [0, 0.05) is 18.0 Å². The van der Waals surface area contributed by atoms with Crippen molar-refractivity contribution in [2.24, 2.45) is 0 Å². The van der Waals surface area contributed by atoms with Gasteiger partial charge in [0.2, 0.25) is 0 Å². The second-order valence-corrected chi connectivity index (χ2v) is 3.32. The van der Waals surface area contributed by atoms with E-state index in [1.165, 1.54) is 0 Å². The lowest BCUT2D eigenvalue weighted by atomic mass is 10.4. The van der Waals surface area contributed by atoms with Gasteiger partial charge in [0.15, 0.2) is 5.65 Å². The highest BCUT2D eigenvalue weighted by atomic mass is 32.2. The maximum atomic E-state index is 4.35. The fraction of sp³-hybridized carbons (Fsp3) is 0.250. The molecule has 0 aromatic carbocycles. The van der Waals surface area contributed by atoms with Crippen molar-refractivity contribution in [2.75, 3.05) is 6.26 Å². The molecule has 0 radical (unpaired) electrons. The molecule has 12 heavy (non-hydrogen) atoms. The van der Waals surface area contributed by atoms with Crippen LogP contribution in [0.4, 0.5) is 0 Å². The number of hydrogen-bond donors (Lipinski definition) is 0. The number of aryl methyl sites for hydroxylation is 1. The van der Waals surface area contributed by atoms with E-state index in [4.69, 9.17) is 0 Å². The number of thioether (sulfide) groups is 1. The Morgan fingerprint density at radius 2 is 2.33 bits per heavy atom. The number of rotatable bonds is 1. The minimum atomic E-state index is 0.946. The van der Waals surface area contributed by atoms with Crippen LogP contribution in [-0.2, 0) is 0 Å². The highest BCUT2D eigenvalue weighted by Gasteiger charge is 2.06. The standard InChI is InChI=1S/C8H9N3S/c1-6-7-9-4-3-5-11(7)10-8(6)12-2/h3-5H,1-2H3. The Bertz CT molecular complexity index is 408. The zero-order chi connectivity index (χ0) is 8.55. The molecule has 4 heteroatoms. The molecule has 2 aromatic heterocycles. The van der Waals surface area contributed by atoms with Gasteiger partial charge in [0.1, 0.15) is 5.03 Å². The van der Waals surface area contributed by atoms with Crippen molar-refractivity contribution in [3.8, 4) is 0 Å². The Labute approximate surface area is 74.8 Å². The summed E-state index contributed by atoms with van der Waals surface area (Å²) in [5, 5.41) is 5.40. The molecular weight excluding hydrogens is 170 g/mol. The first-order valence-electron chi connectivity index (χ1n) is 3.67. The maximum Gasteiger partial charge on any atom is 0.158 e. The van der Waals surface area contributed by atoms with Gasteiger partial charge >= 0.3 is 0 Å². The van der Waals surface area contributed by atoms with Crippen LogP contribution in [0.2, 0.25) is 0 Å². The second kappa shape index (κ2) is 2.79. The summed E-state index contributed by atoms with van der Waals surface area (Å²) in [7, 11) is 0. The van der Waals surface area contributed by atoms with Gasteiger partial charge in [0.05, 0.1) is 0 Å². The van der Waals surface area contributed by atoms with Crippen molar-refractivity contribution in [1.82, 2.24) is 14.6 Å². The minimum absolute atomic E-state index is 0.946. The molecular formula is C8H9N3S.